The highest BCUT2D eigenvalue weighted by atomic mass is 32.1. The zero-order chi connectivity index (χ0) is 39.9. The van der Waals surface area contributed by atoms with E-state index in [1.807, 2.05) is 84.2 Å². The predicted octanol–water partition coefficient (Wildman–Crippen LogP) is 2.72. The fourth-order valence-corrected chi connectivity index (χ4v) is 9.13. The van der Waals surface area contributed by atoms with Crippen LogP contribution in [-0.4, -0.2) is 77.3 Å². The van der Waals surface area contributed by atoms with Crippen molar-refractivity contribution >= 4 is 61.9 Å². The molecule has 10 N–H and O–H groups in total. The second-order valence-corrected chi connectivity index (χ2v) is 16.2. The molecule has 0 unspecified atom stereocenters. The van der Waals surface area contributed by atoms with Gasteiger partial charge in [0.2, 0.25) is 29.5 Å². The Bertz CT molecular complexity index is 2230. The number of carbonyl (C=O) groups excluding carboxylic acids is 5. The summed E-state index contributed by atoms with van der Waals surface area (Å²) in [5.74, 6) is -3.07. The van der Waals surface area contributed by atoms with Crippen LogP contribution in [0.5, 0.6) is 0 Å². The van der Waals surface area contributed by atoms with Crippen molar-refractivity contribution in [1.82, 2.24) is 31.6 Å². The number of amides is 5. The summed E-state index contributed by atoms with van der Waals surface area (Å²) < 4.78 is 1.05. The van der Waals surface area contributed by atoms with Gasteiger partial charge in [0, 0.05) is 47.1 Å². The fourth-order valence-electron chi connectivity index (χ4n) is 8.16. The Labute approximate surface area is 335 Å². The van der Waals surface area contributed by atoms with Gasteiger partial charge in [-0.25, -0.2) is 0 Å². The molecule has 0 spiro atoms. The minimum absolute atomic E-state index is 0.0771. The van der Waals surface area contributed by atoms with Gasteiger partial charge in [-0.3, -0.25) is 24.0 Å². The summed E-state index contributed by atoms with van der Waals surface area (Å²) in [7, 11) is 0. The van der Waals surface area contributed by atoms with E-state index in [0.717, 1.165) is 50.5 Å². The Morgan fingerprint density at radius 2 is 1.37 bits per heavy atom. The second-order valence-electron chi connectivity index (χ2n) is 15.3. The smallest absolute Gasteiger partial charge is 0.243 e. The number of H-pyrrole nitrogens is 1. The number of nitrogens with one attached hydrogen (secondary N) is 6. The van der Waals surface area contributed by atoms with Crippen molar-refractivity contribution in [1.29, 1.82) is 0 Å². The van der Waals surface area contributed by atoms with Crippen LogP contribution in [0.3, 0.4) is 0 Å². The number of piperidine rings is 1. The van der Waals surface area contributed by atoms with Crippen molar-refractivity contribution in [3.05, 3.63) is 107 Å². The number of aromatic nitrogens is 1. The Kier molecular flexibility index (Phi) is 12.3. The topological polar surface area (TPSA) is 213 Å². The lowest BCUT2D eigenvalue weighted by Crippen LogP contribution is -2.65. The molecule has 7 rings (SSSR count). The van der Waals surface area contributed by atoms with E-state index in [-0.39, 0.29) is 31.2 Å². The normalized spacial score (nSPS) is 19.3. The minimum atomic E-state index is -1.28. The van der Waals surface area contributed by atoms with Gasteiger partial charge in [-0.15, -0.1) is 11.3 Å². The molecule has 0 bridgehead atoms. The first-order valence-corrected chi connectivity index (χ1v) is 20.5. The van der Waals surface area contributed by atoms with Crippen LogP contribution in [0, 0.1) is 5.92 Å². The molecule has 3 aromatic carbocycles. The van der Waals surface area contributed by atoms with Crippen molar-refractivity contribution < 1.29 is 24.0 Å². The number of para-hydroxylation sites is 1. The Morgan fingerprint density at radius 1 is 0.737 bits per heavy atom. The van der Waals surface area contributed by atoms with Crippen molar-refractivity contribution in [3.63, 3.8) is 0 Å². The summed E-state index contributed by atoms with van der Waals surface area (Å²) >= 11 is 1.56. The molecule has 5 aromatic rings. The quantitative estimate of drug-likeness (QED) is 0.0794. The van der Waals surface area contributed by atoms with Gasteiger partial charge < -0.3 is 43.0 Å². The van der Waals surface area contributed by atoms with E-state index in [9.17, 15) is 24.0 Å². The number of hydrogen-bond donors (Lipinski definition) is 8. The third kappa shape index (κ3) is 9.19. The molecule has 57 heavy (non-hydrogen) atoms. The van der Waals surface area contributed by atoms with E-state index in [4.69, 9.17) is 11.5 Å². The number of primary amides is 1. The number of rotatable bonds is 15. The molecule has 2 fully saturated rings. The lowest BCUT2D eigenvalue weighted by molar-refractivity contribution is -0.136. The average Bonchev–Trinajstić information content (AvgIpc) is 3.96. The summed E-state index contributed by atoms with van der Waals surface area (Å²) in [6.45, 7) is 0.979. The standard InChI is InChI=1S/C43H50N8O5S/c44-32-14-8-13-31(32)38(52)48-36(23-28-25-57-37-16-7-5-12-30(28)37)40(54)50-35(22-27-24-47-33-15-6-4-11-29(27)33)39(53)49-34(21-26-9-2-1-3-10-26)41(55)51-43(42(45)56)17-19-46-20-18-43/h1-7,9-12,15-16,24-25,31-32,34-36,46-47H,8,13-14,17-23,44H2,(H2,45,56)(H,48,52)(H,49,53)(H,50,54)(H,51,55)/t31-,32+,34+,35-,36-/m1/s1. The second kappa shape index (κ2) is 17.7. The molecule has 14 heteroatoms. The lowest BCUT2D eigenvalue weighted by atomic mass is 9.87. The van der Waals surface area contributed by atoms with E-state index in [2.05, 4.69) is 31.6 Å². The lowest BCUT2D eigenvalue weighted by Gasteiger charge is -2.36. The number of thiophene rings is 1. The number of carbonyl (C=O) groups is 5. The Hall–Kier alpha value is -5.57. The van der Waals surface area contributed by atoms with Crippen LogP contribution < -0.4 is 38.1 Å². The Morgan fingerprint density at radius 3 is 2.07 bits per heavy atom. The summed E-state index contributed by atoms with van der Waals surface area (Å²) in [4.78, 5) is 73.0. The number of aromatic amines is 1. The Balaban J connectivity index is 1.19. The van der Waals surface area contributed by atoms with Gasteiger partial charge in [0.15, 0.2) is 0 Å². The highest BCUT2D eigenvalue weighted by molar-refractivity contribution is 7.17. The molecule has 1 saturated carbocycles. The zero-order valence-electron chi connectivity index (χ0n) is 31.7. The van der Waals surface area contributed by atoms with Crippen molar-refractivity contribution in [2.45, 2.75) is 81.1 Å². The van der Waals surface area contributed by atoms with Crippen LogP contribution in [0.25, 0.3) is 21.0 Å². The summed E-state index contributed by atoms with van der Waals surface area (Å²) in [5.41, 5.74) is 14.2. The molecule has 5 atom stereocenters. The van der Waals surface area contributed by atoms with Crippen LogP contribution in [0.2, 0.25) is 0 Å². The van der Waals surface area contributed by atoms with Crippen molar-refractivity contribution in [2.24, 2.45) is 17.4 Å². The maximum absolute atomic E-state index is 14.6. The molecule has 1 aliphatic heterocycles. The van der Waals surface area contributed by atoms with Crippen molar-refractivity contribution in [3.8, 4) is 0 Å². The SMILES string of the molecule is NC(=O)C1(NC(=O)[C@H](Cc2ccccc2)NC(=O)[C@@H](Cc2c[nH]c3ccccc23)NC(=O)[C@@H](Cc2csc3ccccc23)NC(=O)[C@@H]2CCC[C@@H]2N)CCNCC1. The molecule has 5 amide bonds. The molecule has 298 valence electrons. The minimum Gasteiger partial charge on any atom is -0.368 e. The third-order valence-electron chi connectivity index (χ3n) is 11.5. The molecule has 0 radical (unpaired) electrons. The van der Waals surface area contributed by atoms with E-state index in [0.29, 0.717) is 32.4 Å². The van der Waals surface area contributed by atoms with Crippen LogP contribution in [0.1, 0.15) is 48.8 Å². The van der Waals surface area contributed by atoms with Gasteiger partial charge in [-0.1, -0.05) is 73.2 Å². The van der Waals surface area contributed by atoms with Gasteiger partial charge in [0.05, 0.1) is 5.92 Å². The molecule has 1 aliphatic carbocycles. The number of benzene rings is 3. The summed E-state index contributed by atoms with van der Waals surface area (Å²) in [6, 6.07) is 21.2. The first kappa shape index (κ1) is 39.7. The van der Waals surface area contributed by atoms with Gasteiger partial charge in [-0.2, -0.15) is 0 Å². The van der Waals surface area contributed by atoms with Crippen LogP contribution in [0.4, 0.5) is 0 Å². The van der Waals surface area contributed by atoms with Gasteiger partial charge >= 0.3 is 0 Å². The van der Waals surface area contributed by atoms with E-state index in [1.165, 1.54) is 0 Å². The van der Waals surface area contributed by atoms with Gasteiger partial charge in [-0.05, 0) is 78.4 Å². The maximum atomic E-state index is 14.6. The van der Waals surface area contributed by atoms with E-state index < -0.39 is 53.2 Å². The monoisotopic (exact) mass is 790 g/mol. The zero-order valence-corrected chi connectivity index (χ0v) is 32.5. The molecule has 13 nitrogen and oxygen atoms in total. The van der Waals surface area contributed by atoms with Crippen LogP contribution in [0.15, 0.2) is 90.4 Å². The molecular formula is C43H50N8O5S. The van der Waals surface area contributed by atoms with E-state index >= 15 is 0 Å². The largest absolute Gasteiger partial charge is 0.368 e. The highest BCUT2D eigenvalue weighted by Gasteiger charge is 2.41. The first-order valence-electron chi connectivity index (χ1n) is 19.6. The third-order valence-corrected chi connectivity index (χ3v) is 12.5. The average molecular weight is 791 g/mol. The van der Waals surface area contributed by atoms with Crippen molar-refractivity contribution in [2.75, 3.05) is 13.1 Å². The molecule has 1 saturated heterocycles. The summed E-state index contributed by atoms with van der Waals surface area (Å²) in [5, 5.41) is 18.9. The molecule has 3 heterocycles. The maximum Gasteiger partial charge on any atom is 0.243 e. The van der Waals surface area contributed by atoms with Crippen LogP contribution >= 0.6 is 11.3 Å². The van der Waals surface area contributed by atoms with Gasteiger partial charge in [0.1, 0.15) is 23.7 Å². The van der Waals surface area contributed by atoms with Crippen LogP contribution in [-0.2, 0) is 43.2 Å². The molecule has 2 aliphatic rings. The first-order chi connectivity index (χ1) is 27.6. The highest BCUT2D eigenvalue weighted by Crippen LogP contribution is 2.28. The molecule has 2 aromatic heterocycles. The predicted molar refractivity (Wildman–Crippen MR) is 221 cm³/mol. The fraction of sp³-hybridized carbons (Fsp3) is 0.372. The number of hydrogen-bond acceptors (Lipinski definition) is 8. The molecular weight excluding hydrogens is 741 g/mol. The van der Waals surface area contributed by atoms with E-state index in [1.54, 1.807) is 17.5 Å². The number of fused-ring (bicyclic) bond motifs is 2. The number of nitrogens with two attached hydrogens (primary N) is 2. The summed E-state index contributed by atoms with van der Waals surface area (Å²) in [6.07, 6.45) is 4.98. The van der Waals surface area contributed by atoms with Gasteiger partial charge in [0.25, 0.3) is 0 Å².